The van der Waals surface area contributed by atoms with Gasteiger partial charge >= 0.3 is 0 Å². The number of benzene rings is 1. The molecule has 23 heavy (non-hydrogen) atoms. The summed E-state index contributed by atoms with van der Waals surface area (Å²) in [6, 6.07) is 12.0. The Morgan fingerprint density at radius 1 is 1.17 bits per heavy atom. The minimum Gasteiger partial charge on any atom is -0.313 e. The van der Waals surface area contributed by atoms with Crippen molar-refractivity contribution in [2.24, 2.45) is 0 Å². The first-order valence-electron chi connectivity index (χ1n) is 7.86. The smallest absolute Gasteiger partial charge is 0.249 e. The van der Waals surface area contributed by atoms with E-state index in [-0.39, 0.29) is 5.91 Å². The van der Waals surface area contributed by atoms with Crippen LogP contribution in [0.15, 0.2) is 36.4 Å². The molecule has 116 valence electrons. The first-order chi connectivity index (χ1) is 11.3. The number of nitrogens with zero attached hydrogens (tertiary/aromatic N) is 1. The predicted octanol–water partition coefficient (Wildman–Crippen LogP) is 4.54. The van der Waals surface area contributed by atoms with E-state index in [4.69, 9.17) is 0 Å². The number of nitrogens with one attached hydrogen (secondary N) is 1. The van der Waals surface area contributed by atoms with Crippen LogP contribution in [0.2, 0.25) is 0 Å². The monoisotopic (exact) mass is 322 g/mol. The Bertz CT molecular complexity index is 769. The Hall–Kier alpha value is -2.38. The molecule has 0 unspecified atom stereocenters. The molecule has 1 N–H and O–H groups in total. The molecule has 0 bridgehead atoms. The van der Waals surface area contributed by atoms with E-state index in [0.717, 1.165) is 30.4 Å². The van der Waals surface area contributed by atoms with Crippen molar-refractivity contribution in [2.45, 2.75) is 32.1 Å². The van der Waals surface area contributed by atoms with E-state index in [1.807, 2.05) is 30.3 Å². The molecule has 1 amide bonds. The lowest BCUT2D eigenvalue weighted by molar-refractivity contribution is -0.111. The molecule has 0 saturated heterocycles. The van der Waals surface area contributed by atoms with Crippen molar-refractivity contribution in [1.82, 2.24) is 0 Å². The molecule has 0 atom stereocenters. The zero-order valence-corrected chi connectivity index (χ0v) is 13.7. The van der Waals surface area contributed by atoms with Crippen LogP contribution in [0.5, 0.6) is 0 Å². The Morgan fingerprint density at radius 3 is 2.74 bits per heavy atom. The van der Waals surface area contributed by atoms with Gasteiger partial charge in [0.1, 0.15) is 11.1 Å². The highest BCUT2D eigenvalue weighted by Crippen LogP contribution is 2.36. The molecule has 0 spiro atoms. The third-order valence-electron chi connectivity index (χ3n) is 4.00. The summed E-state index contributed by atoms with van der Waals surface area (Å²) in [5, 5.41) is 13.0. The highest BCUT2D eigenvalue weighted by molar-refractivity contribution is 7.16. The molecule has 1 aliphatic rings. The second kappa shape index (κ2) is 7.26. The van der Waals surface area contributed by atoms with Gasteiger partial charge in [0.25, 0.3) is 0 Å². The number of thiophene rings is 1. The maximum Gasteiger partial charge on any atom is 0.249 e. The van der Waals surface area contributed by atoms with Gasteiger partial charge in [-0.3, -0.25) is 4.79 Å². The van der Waals surface area contributed by atoms with Crippen molar-refractivity contribution in [3.63, 3.8) is 0 Å². The molecule has 1 heterocycles. The lowest BCUT2D eigenvalue weighted by Crippen LogP contribution is -2.07. The van der Waals surface area contributed by atoms with E-state index in [1.165, 1.54) is 23.8 Å². The summed E-state index contributed by atoms with van der Waals surface area (Å²) >= 11 is 1.56. The lowest BCUT2D eigenvalue weighted by Gasteiger charge is -2.01. The zero-order valence-electron chi connectivity index (χ0n) is 12.8. The topological polar surface area (TPSA) is 52.9 Å². The standard InChI is InChI=1S/C19H18N2OS/c20-13-16-15-9-5-2-6-10-17(15)23-19(16)21-18(22)12-11-14-7-3-1-4-8-14/h1,3-4,7-8,11-12H,2,5-6,9-10H2,(H,21,22)/b12-11+. The summed E-state index contributed by atoms with van der Waals surface area (Å²) in [6.07, 6.45) is 8.77. The van der Waals surface area contributed by atoms with E-state index < -0.39 is 0 Å². The maximum atomic E-state index is 12.1. The highest BCUT2D eigenvalue weighted by Gasteiger charge is 2.20. The van der Waals surface area contributed by atoms with Crippen LogP contribution in [0, 0.1) is 11.3 Å². The van der Waals surface area contributed by atoms with Crippen molar-refractivity contribution >= 4 is 28.3 Å². The van der Waals surface area contributed by atoms with Gasteiger partial charge in [-0.1, -0.05) is 36.8 Å². The normalized spacial score (nSPS) is 14.0. The van der Waals surface area contributed by atoms with Crippen LogP contribution in [0.25, 0.3) is 6.08 Å². The number of carbonyl (C=O) groups excluding carboxylic acids is 1. The molecule has 0 radical (unpaired) electrons. The molecule has 0 aliphatic heterocycles. The van der Waals surface area contributed by atoms with Crippen LogP contribution in [0.3, 0.4) is 0 Å². The Kier molecular flexibility index (Phi) is 4.89. The van der Waals surface area contributed by atoms with Crippen LogP contribution >= 0.6 is 11.3 Å². The van der Waals surface area contributed by atoms with Gasteiger partial charge in [0.05, 0.1) is 5.56 Å². The van der Waals surface area contributed by atoms with E-state index >= 15 is 0 Å². The number of amides is 1. The van der Waals surface area contributed by atoms with Crippen molar-refractivity contribution < 1.29 is 4.79 Å². The molecule has 0 fully saturated rings. The minimum atomic E-state index is -0.193. The van der Waals surface area contributed by atoms with Crippen LogP contribution in [0.4, 0.5) is 5.00 Å². The fourth-order valence-electron chi connectivity index (χ4n) is 2.84. The third kappa shape index (κ3) is 3.69. The van der Waals surface area contributed by atoms with Crippen LogP contribution in [0.1, 0.15) is 40.8 Å². The molecule has 1 aliphatic carbocycles. The van der Waals surface area contributed by atoms with E-state index in [2.05, 4.69) is 11.4 Å². The summed E-state index contributed by atoms with van der Waals surface area (Å²) in [6.45, 7) is 0. The van der Waals surface area contributed by atoms with Gasteiger partial charge in [-0.2, -0.15) is 5.26 Å². The summed E-state index contributed by atoms with van der Waals surface area (Å²) in [5.41, 5.74) is 2.79. The maximum absolute atomic E-state index is 12.1. The number of fused-ring (bicyclic) bond motifs is 1. The van der Waals surface area contributed by atoms with Crippen molar-refractivity contribution in [3.05, 3.63) is 58.0 Å². The van der Waals surface area contributed by atoms with Crippen molar-refractivity contribution in [1.29, 1.82) is 5.26 Å². The van der Waals surface area contributed by atoms with E-state index in [9.17, 15) is 10.1 Å². The van der Waals surface area contributed by atoms with Gasteiger partial charge in [0.15, 0.2) is 0 Å². The quantitative estimate of drug-likeness (QED) is 0.666. The number of anilines is 1. The largest absolute Gasteiger partial charge is 0.313 e. The first kappa shape index (κ1) is 15.5. The molecule has 1 aromatic heterocycles. The van der Waals surface area contributed by atoms with Crippen molar-refractivity contribution in [2.75, 3.05) is 5.32 Å². The second-order valence-electron chi connectivity index (χ2n) is 5.61. The molecule has 2 aromatic rings. The Morgan fingerprint density at radius 2 is 1.96 bits per heavy atom. The summed E-state index contributed by atoms with van der Waals surface area (Å²) in [7, 11) is 0. The molecular weight excluding hydrogens is 304 g/mol. The number of aryl methyl sites for hydroxylation is 1. The van der Waals surface area contributed by atoms with Gasteiger partial charge in [-0.15, -0.1) is 11.3 Å². The molecule has 1 aromatic carbocycles. The van der Waals surface area contributed by atoms with Crippen molar-refractivity contribution in [3.8, 4) is 6.07 Å². The Balaban J connectivity index is 1.76. The number of hydrogen-bond donors (Lipinski definition) is 1. The minimum absolute atomic E-state index is 0.193. The zero-order chi connectivity index (χ0) is 16.1. The van der Waals surface area contributed by atoms with E-state index in [0.29, 0.717) is 10.6 Å². The molecule has 3 rings (SSSR count). The van der Waals surface area contributed by atoms with Crippen LogP contribution < -0.4 is 5.32 Å². The first-order valence-corrected chi connectivity index (χ1v) is 8.68. The third-order valence-corrected chi connectivity index (χ3v) is 5.20. The second-order valence-corrected chi connectivity index (χ2v) is 6.72. The molecule has 3 nitrogen and oxygen atoms in total. The number of carbonyl (C=O) groups is 1. The predicted molar refractivity (Wildman–Crippen MR) is 94.4 cm³/mol. The van der Waals surface area contributed by atoms with Gasteiger partial charge in [0, 0.05) is 11.0 Å². The number of rotatable bonds is 3. The van der Waals surface area contributed by atoms with Gasteiger partial charge in [-0.05, 0) is 42.9 Å². The summed E-state index contributed by atoms with van der Waals surface area (Å²) < 4.78 is 0. The van der Waals surface area contributed by atoms with Crippen LogP contribution in [-0.4, -0.2) is 5.91 Å². The lowest BCUT2D eigenvalue weighted by atomic mass is 10.1. The molecular formula is C19H18N2OS. The Labute approximate surface area is 140 Å². The molecule has 4 heteroatoms. The van der Waals surface area contributed by atoms with Gasteiger partial charge in [0.2, 0.25) is 5.91 Å². The van der Waals surface area contributed by atoms with E-state index in [1.54, 1.807) is 17.4 Å². The van der Waals surface area contributed by atoms with Gasteiger partial charge in [-0.25, -0.2) is 0 Å². The average Bonchev–Trinajstić information content (AvgIpc) is 2.74. The fourth-order valence-corrected chi connectivity index (χ4v) is 4.08. The highest BCUT2D eigenvalue weighted by atomic mass is 32.1. The number of hydrogen-bond acceptors (Lipinski definition) is 3. The average molecular weight is 322 g/mol. The number of nitriles is 1. The summed E-state index contributed by atoms with van der Waals surface area (Å²) in [4.78, 5) is 13.4. The fraction of sp³-hybridized carbons (Fsp3) is 0.263. The van der Waals surface area contributed by atoms with Crippen LogP contribution in [-0.2, 0) is 17.6 Å². The SMILES string of the molecule is N#Cc1c(NC(=O)/C=C/c2ccccc2)sc2c1CCCCC2. The van der Waals surface area contributed by atoms with Gasteiger partial charge < -0.3 is 5.32 Å². The molecule has 0 saturated carbocycles. The summed E-state index contributed by atoms with van der Waals surface area (Å²) in [5.74, 6) is -0.193.